The van der Waals surface area contributed by atoms with Gasteiger partial charge in [0.1, 0.15) is 0 Å². The first kappa shape index (κ1) is 15.8. The maximum absolute atomic E-state index is 4.08. The molecule has 0 heterocycles. The molecule has 0 saturated heterocycles. The second kappa shape index (κ2) is 7.05. The van der Waals surface area contributed by atoms with Crippen molar-refractivity contribution in [2.24, 2.45) is 0 Å². The molecule has 25 heavy (non-hydrogen) atoms. The van der Waals surface area contributed by atoms with Crippen LogP contribution in [0.3, 0.4) is 0 Å². The van der Waals surface area contributed by atoms with Crippen LogP contribution in [0.4, 0.5) is 0 Å². The number of benzene rings is 4. The Balaban J connectivity index is 2.07. The fourth-order valence-corrected chi connectivity index (χ4v) is 5.87. The van der Waals surface area contributed by atoms with Crippen molar-refractivity contribution in [1.82, 2.24) is 0 Å². The average Bonchev–Trinajstić information content (AvgIpc) is 2.70. The van der Waals surface area contributed by atoms with Gasteiger partial charge in [-0.05, 0) is 40.2 Å². The molecule has 0 atom stereocenters. The molecule has 120 valence electrons. The molecule has 0 aromatic heterocycles. The predicted molar refractivity (Wildman–Crippen MR) is 113 cm³/mol. The van der Waals surface area contributed by atoms with Crippen molar-refractivity contribution in [3.8, 4) is 0 Å². The van der Waals surface area contributed by atoms with Crippen molar-refractivity contribution >= 4 is 40.7 Å². The molecule has 0 radical (unpaired) electrons. The van der Waals surface area contributed by atoms with Crippen LogP contribution in [0.25, 0.3) is 16.8 Å². The van der Waals surface area contributed by atoms with E-state index in [4.69, 9.17) is 0 Å². The van der Waals surface area contributed by atoms with E-state index in [1.165, 1.54) is 32.2 Å². The van der Waals surface area contributed by atoms with Gasteiger partial charge < -0.3 is 0 Å². The maximum atomic E-state index is 4.08. The quantitative estimate of drug-likeness (QED) is 0.446. The van der Waals surface area contributed by atoms with E-state index >= 15 is 0 Å². The van der Waals surface area contributed by atoms with Crippen LogP contribution in [0.1, 0.15) is 5.56 Å². The molecule has 0 amide bonds. The van der Waals surface area contributed by atoms with Crippen LogP contribution in [0.15, 0.2) is 104 Å². The Morgan fingerprint density at radius 2 is 1.16 bits per heavy atom. The summed E-state index contributed by atoms with van der Waals surface area (Å²) in [6, 6.07) is 34.7. The van der Waals surface area contributed by atoms with Crippen LogP contribution in [-0.2, 0) is 0 Å². The lowest BCUT2D eigenvalue weighted by atomic mass is 10.1. The Labute approximate surface area is 150 Å². The SMILES string of the molecule is C=Cc1ccc2ccccc2c1P(c1ccccc1)c1ccccc1. The molecule has 0 aliphatic carbocycles. The number of hydrogen-bond acceptors (Lipinski definition) is 0. The van der Waals surface area contributed by atoms with Gasteiger partial charge in [-0.25, -0.2) is 0 Å². The minimum Gasteiger partial charge on any atom is -0.0984 e. The molecular weight excluding hydrogens is 319 g/mol. The summed E-state index contributed by atoms with van der Waals surface area (Å²) in [5.41, 5.74) is 1.22. The zero-order chi connectivity index (χ0) is 17.1. The van der Waals surface area contributed by atoms with E-state index in [2.05, 4.69) is 104 Å². The molecule has 0 aliphatic rings. The first-order chi connectivity index (χ1) is 12.4. The van der Waals surface area contributed by atoms with Gasteiger partial charge in [0.25, 0.3) is 0 Å². The van der Waals surface area contributed by atoms with Gasteiger partial charge in [0.2, 0.25) is 0 Å². The number of rotatable bonds is 4. The highest BCUT2D eigenvalue weighted by molar-refractivity contribution is 7.80. The summed E-state index contributed by atoms with van der Waals surface area (Å²) in [6.45, 7) is 4.08. The van der Waals surface area contributed by atoms with Crippen LogP contribution in [0.5, 0.6) is 0 Å². The number of hydrogen-bond donors (Lipinski definition) is 0. The summed E-state index contributed by atoms with van der Waals surface area (Å²) in [7, 11) is -0.644. The highest BCUT2D eigenvalue weighted by Crippen LogP contribution is 2.37. The molecule has 0 bridgehead atoms. The lowest BCUT2D eigenvalue weighted by Crippen LogP contribution is -2.23. The van der Waals surface area contributed by atoms with Crippen LogP contribution in [0.2, 0.25) is 0 Å². The van der Waals surface area contributed by atoms with E-state index in [9.17, 15) is 0 Å². The van der Waals surface area contributed by atoms with E-state index in [1.54, 1.807) is 0 Å². The van der Waals surface area contributed by atoms with Gasteiger partial charge in [-0.1, -0.05) is 110 Å². The monoisotopic (exact) mass is 338 g/mol. The molecule has 0 saturated carbocycles. The van der Waals surface area contributed by atoms with Crippen molar-refractivity contribution in [2.45, 2.75) is 0 Å². The summed E-state index contributed by atoms with van der Waals surface area (Å²) in [5.74, 6) is 0. The summed E-state index contributed by atoms with van der Waals surface area (Å²) in [4.78, 5) is 0. The van der Waals surface area contributed by atoms with Gasteiger partial charge in [-0.15, -0.1) is 0 Å². The lowest BCUT2D eigenvalue weighted by molar-refractivity contribution is 1.73. The minimum atomic E-state index is -0.644. The second-order valence-electron chi connectivity index (χ2n) is 5.94. The minimum absolute atomic E-state index is 0.644. The first-order valence-electron chi connectivity index (χ1n) is 8.43. The molecule has 0 fully saturated rings. The average molecular weight is 338 g/mol. The molecule has 1 heteroatoms. The smallest absolute Gasteiger partial charge is 0.0000292 e. The van der Waals surface area contributed by atoms with Crippen molar-refractivity contribution in [2.75, 3.05) is 0 Å². The third-order valence-corrected chi connectivity index (χ3v) is 6.98. The van der Waals surface area contributed by atoms with E-state index < -0.39 is 7.92 Å². The second-order valence-corrected chi connectivity index (χ2v) is 8.09. The Morgan fingerprint density at radius 1 is 0.600 bits per heavy atom. The first-order valence-corrected chi connectivity index (χ1v) is 9.77. The fraction of sp³-hybridized carbons (Fsp3) is 0. The zero-order valence-electron chi connectivity index (χ0n) is 14.0. The molecule has 0 N–H and O–H groups in total. The Bertz CT molecular complexity index is 964. The third kappa shape index (κ3) is 3.02. The van der Waals surface area contributed by atoms with E-state index in [-0.39, 0.29) is 0 Å². The highest BCUT2D eigenvalue weighted by atomic mass is 31.1. The van der Waals surface area contributed by atoms with E-state index in [0.29, 0.717) is 0 Å². The van der Waals surface area contributed by atoms with Crippen molar-refractivity contribution in [3.05, 3.63) is 109 Å². The summed E-state index contributed by atoms with van der Waals surface area (Å²) >= 11 is 0. The van der Waals surface area contributed by atoms with Crippen molar-refractivity contribution in [3.63, 3.8) is 0 Å². The Morgan fingerprint density at radius 3 is 1.76 bits per heavy atom. The normalized spacial score (nSPS) is 10.9. The van der Waals surface area contributed by atoms with Crippen LogP contribution in [-0.4, -0.2) is 0 Å². The van der Waals surface area contributed by atoms with Crippen LogP contribution >= 0.6 is 7.92 Å². The summed E-state index contributed by atoms with van der Waals surface area (Å²) < 4.78 is 0. The standard InChI is InChI=1S/C24H19P/c1-2-19-17-18-20-11-9-10-16-23(20)24(19)25(21-12-5-3-6-13-21)22-14-7-4-8-15-22/h2-18H,1H2. The highest BCUT2D eigenvalue weighted by Gasteiger charge is 2.20. The topological polar surface area (TPSA) is 0 Å². The van der Waals surface area contributed by atoms with Gasteiger partial charge >= 0.3 is 0 Å². The van der Waals surface area contributed by atoms with Crippen molar-refractivity contribution < 1.29 is 0 Å². The molecule has 0 unspecified atom stereocenters. The molecule has 4 aromatic carbocycles. The van der Waals surface area contributed by atoms with Gasteiger partial charge in [-0.2, -0.15) is 0 Å². The largest absolute Gasteiger partial charge is 0.0984 e. The zero-order valence-corrected chi connectivity index (χ0v) is 14.9. The Kier molecular flexibility index (Phi) is 4.46. The van der Waals surface area contributed by atoms with Gasteiger partial charge in [0, 0.05) is 0 Å². The maximum Gasteiger partial charge on any atom is -0.0000292 e. The van der Waals surface area contributed by atoms with E-state index in [1.807, 2.05) is 6.08 Å². The molecule has 0 spiro atoms. The molecule has 0 aliphatic heterocycles. The van der Waals surface area contributed by atoms with Gasteiger partial charge in [0.05, 0.1) is 0 Å². The Hall–Kier alpha value is -2.69. The van der Waals surface area contributed by atoms with Gasteiger partial charge in [-0.3, -0.25) is 0 Å². The van der Waals surface area contributed by atoms with Gasteiger partial charge in [0.15, 0.2) is 0 Å². The predicted octanol–water partition coefficient (Wildman–Crippen LogP) is 5.24. The summed E-state index contributed by atoms with van der Waals surface area (Å²) in [5, 5.41) is 6.72. The van der Waals surface area contributed by atoms with Crippen LogP contribution < -0.4 is 15.9 Å². The van der Waals surface area contributed by atoms with Crippen LogP contribution in [0, 0.1) is 0 Å². The molecule has 0 nitrogen and oxygen atoms in total. The molecule has 4 rings (SSSR count). The van der Waals surface area contributed by atoms with Crippen molar-refractivity contribution in [1.29, 1.82) is 0 Å². The van der Waals surface area contributed by atoms with E-state index in [0.717, 1.165) is 0 Å². The third-order valence-electron chi connectivity index (χ3n) is 4.40. The summed E-state index contributed by atoms with van der Waals surface area (Å²) in [6.07, 6.45) is 1.99. The lowest BCUT2D eigenvalue weighted by Gasteiger charge is -2.23. The number of fused-ring (bicyclic) bond motifs is 1. The molecule has 4 aromatic rings. The molecular formula is C24H19P. The fourth-order valence-electron chi connectivity index (χ4n) is 3.25.